The van der Waals surface area contributed by atoms with E-state index >= 15 is 0 Å². The molecular weight excluding hydrogens is 129 g/mol. The number of alkyl halides is 3. The van der Waals surface area contributed by atoms with Gasteiger partial charge in [-0.1, -0.05) is 6.58 Å². The lowest BCUT2D eigenvalue weighted by molar-refractivity contribution is 0.0419. The van der Waals surface area contributed by atoms with Crippen LogP contribution in [0, 0.1) is 0 Å². The highest BCUT2D eigenvalue weighted by atomic mass is 19.3. The average Bonchev–Trinajstić information content (AvgIpc) is 1.84. The van der Waals surface area contributed by atoms with Crippen molar-refractivity contribution in [1.82, 2.24) is 0 Å². The molecule has 9 heavy (non-hydrogen) atoms. The van der Waals surface area contributed by atoms with Gasteiger partial charge in [-0.15, -0.1) is 0 Å². The summed E-state index contributed by atoms with van der Waals surface area (Å²) in [7, 11) is 0. The number of hydrogen-bond donors (Lipinski definition) is 0. The van der Waals surface area contributed by atoms with Crippen LogP contribution in [0.25, 0.3) is 0 Å². The van der Waals surface area contributed by atoms with Crippen LogP contribution in [0.2, 0.25) is 0 Å². The third-order valence-corrected chi connectivity index (χ3v) is 0.942. The second kappa shape index (κ2) is 3.54. The summed E-state index contributed by atoms with van der Waals surface area (Å²) in [6.07, 6.45) is 0.00861. The van der Waals surface area contributed by atoms with Crippen molar-refractivity contribution in [3.8, 4) is 0 Å². The highest BCUT2D eigenvalue weighted by Gasteiger charge is 2.22. The lowest BCUT2D eigenvalue weighted by Gasteiger charge is -2.07. The predicted octanol–water partition coefficient (Wildman–Crippen LogP) is 2.56. The molecule has 0 aromatic rings. The molecule has 0 spiro atoms. The average molecular weight is 138 g/mol. The Morgan fingerprint density at radius 2 is 2.00 bits per heavy atom. The van der Waals surface area contributed by atoms with Crippen molar-refractivity contribution in [2.24, 2.45) is 0 Å². The number of hydrogen-bond acceptors (Lipinski definition) is 0. The molecule has 0 saturated heterocycles. The molecule has 3 heteroatoms. The standard InChI is InChI=1S/C6H9F3/c1-2-6(8,9)4-3-5-7/h2H,1,3-5H2. The third kappa shape index (κ3) is 4.06. The highest BCUT2D eigenvalue weighted by Crippen LogP contribution is 2.20. The van der Waals surface area contributed by atoms with Crippen molar-refractivity contribution in [2.45, 2.75) is 18.8 Å². The lowest BCUT2D eigenvalue weighted by atomic mass is 10.2. The van der Waals surface area contributed by atoms with E-state index in [4.69, 9.17) is 0 Å². The van der Waals surface area contributed by atoms with Gasteiger partial charge in [-0.2, -0.15) is 0 Å². The zero-order valence-electron chi connectivity index (χ0n) is 5.04. The van der Waals surface area contributed by atoms with Crippen LogP contribution in [0.3, 0.4) is 0 Å². The first-order chi connectivity index (χ1) is 4.12. The number of allylic oxidation sites excluding steroid dienone is 1. The second-order valence-electron chi connectivity index (χ2n) is 1.76. The lowest BCUT2D eigenvalue weighted by Crippen LogP contribution is -2.10. The molecule has 0 amide bonds. The van der Waals surface area contributed by atoms with Crippen LogP contribution < -0.4 is 0 Å². The fourth-order valence-corrected chi connectivity index (χ4v) is 0.405. The fourth-order valence-electron chi connectivity index (χ4n) is 0.405. The molecule has 0 N–H and O–H groups in total. The Bertz CT molecular complexity index is 88.3. The first-order valence-corrected chi connectivity index (χ1v) is 2.70. The van der Waals surface area contributed by atoms with Gasteiger partial charge in [0.15, 0.2) is 0 Å². The van der Waals surface area contributed by atoms with Crippen molar-refractivity contribution in [3.63, 3.8) is 0 Å². The summed E-state index contributed by atoms with van der Waals surface area (Å²) >= 11 is 0. The summed E-state index contributed by atoms with van der Waals surface area (Å²) in [6.45, 7) is 2.22. The Morgan fingerprint density at radius 3 is 2.33 bits per heavy atom. The molecule has 0 fully saturated rings. The summed E-state index contributed by atoms with van der Waals surface area (Å²) in [5.74, 6) is -2.88. The molecule has 0 bridgehead atoms. The minimum absolute atomic E-state index is 0.0982. The molecule has 0 heterocycles. The van der Waals surface area contributed by atoms with Crippen molar-refractivity contribution in [3.05, 3.63) is 12.7 Å². The molecule has 0 aliphatic heterocycles. The van der Waals surface area contributed by atoms with Crippen LogP contribution in [0.4, 0.5) is 13.2 Å². The normalized spacial score (nSPS) is 11.4. The minimum Gasteiger partial charge on any atom is -0.251 e. The van der Waals surface area contributed by atoms with E-state index < -0.39 is 19.0 Å². The van der Waals surface area contributed by atoms with Crippen molar-refractivity contribution in [1.29, 1.82) is 0 Å². The van der Waals surface area contributed by atoms with Crippen LogP contribution in [0.5, 0.6) is 0 Å². The largest absolute Gasteiger partial charge is 0.266 e. The summed E-state index contributed by atoms with van der Waals surface area (Å²) in [5.41, 5.74) is 0. The zero-order chi connectivity index (χ0) is 7.33. The van der Waals surface area contributed by atoms with Crippen LogP contribution in [-0.4, -0.2) is 12.6 Å². The van der Waals surface area contributed by atoms with Gasteiger partial charge in [0, 0.05) is 6.42 Å². The molecule has 54 valence electrons. The molecule has 0 aromatic heterocycles. The van der Waals surface area contributed by atoms with Gasteiger partial charge in [-0.05, 0) is 12.5 Å². The van der Waals surface area contributed by atoms with Gasteiger partial charge in [-0.3, -0.25) is 4.39 Å². The first kappa shape index (κ1) is 8.53. The van der Waals surface area contributed by atoms with Crippen LogP contribution in [0.1, 0.15) is 12.8 Å². The monoisotopic (exact) mass is 138 g/mol. The van der Waals surface area contributed by atoms with Crippen molar-refractivity contribution in [2.75, 3.05) is 6.67 Å². The predicted molar refractivity (Wildman–Crippen MR) is 30.4 cm³/mol. The summed E-state index contributed by atoms with van der Waals surface area (Å²) in [6, 6.07) is 0. The Morgan fingerprint density at radius 1 is 1.44 bits per heavy atom. The van der Waals surface area contributed by atoms with Gasteiger partial charge in [0.25, 0.3) is 5.92 Å². The minimum atomic E-state index is -2.88. The van der Waals surface area contributed by atoms with E-state index in [1.54, 1.807) is 0 Å². The van der Waals surface area contributed by atoms with E-state index in [-0.39, 0.29) is 6.42 Å². The molecule has 0 aliphatic carbocycles. The summed E-state index contributed by atoms with van der Waals surface area (Å²) in [4.78, 5) is 0. The zero-order valence-corrected chi connectivity index (χ0v) is 5.04. The van der Waals surface area contributed by atoms with Crippen LogP contribution in [0.15, 0.2) is 12.7 Å². The number of rotatable bonds is 4. The third-order valence-electron chi connectivity index (χ3n) is 0.942. The maximum Gasteiger partial charge on any atom is 0.266 e. The Labute approximate surface area is 52.4 Å². The molecule has 0 atom stereocenters. The number of halogens is 3. The Hall–Kier alpha value is -0.470. The summed E-state index contributed by atoms with van der Waals surface area (Å²) < 4.78 is 35.4. The quantitative estimate of drug-likeness (QED) is 0.524. The first-order valence-electron chi connectivity index (χ1n) is 2.70. The maximum absolute atomic E-state index is 12.1. The maximum atomic E-state index is 12.1. The molecule has 0 rings (SSSR count). The van der Waals surface area contributed by atoms with Crippen molar-refractivity contribution < 1.29 is 13.2 Å². The molecular formula is C6H9F3. The molecule has 0 saturated carbocycles. The SMILES string of the molecule is C=CC(F)(F)CCCF. The fraction of sp³-hybridized carbons (Fsp3) is 0.667. The topological polar surface area (TPSA) is 0 Å². The molecule has 0 radical (unpaired) electrons. The highest BCUT2D eigenvalue weighted by molar-refractivity contribution is 4.86. The van der Waals surface area contributed by atoms with Gasteiger partial charge in [0.2, 0.25) is 0 Å². The van der Waals surface area contributed by atoms with E-state index in [0.717, 1.165) is 0 Å². The van der Waals surface area contributed by atoms with E-state index in [1.807, 2.05) is 0 Å². The van der Waals surface area contributed by atoms with Gasteiger partial charge < -0.3 is 0 Å². The van der Waals surface area contributed by atoms with E-state index in [9.17, 15) is 13.2 Å². The second-order valence-corrected chi connectivity index (χ2v) is 1.76. The van der Waals surface area contributed by atoms with Crippen LogP contribution >= 0.6 is 0 Å². The molecule has 0 aromatic carbocycles. The van der Waals surface area contributed by atoms with Crippen molar-refractivity contribution >= 4 is 0 Å². The molecule has 0 unspecified atom stereocenters. The van der Waals surface area contributed by atoms with Gasteiger partial charge >= 0.3 is 0 Å². The smallest absolute Gasteiger partial charge is 0.251 e. The summed E-state index contributed by atoms with van der Waals surface area (Å²) in [5, 5.41) is 0. The van der Waals surface area contributed by atoms with Crippen LogP contribution in [-0.2, 0) is 0 Å². The van der Waals surface area contributed by atoms with E-state index in [2.05, 4.69) is 6.58 Å². The van der Waals surface area contributed by atoms with E-state index in [1.165, 1.54) is 0 Å². The molecule has 0 aliphatic rings. The Kier molecular flexibility index (Phi) is 3.35. The van der Waals surface area contributed by atoms with Gasteiger partial charge in [0.1, 0.15) is 0 Å². The molecule has 0 nitrogen and oxygen atoms in total. The van der Waals surface area contributed by atoms with E-state index in [0.29, 0.717) is 6.08 Å². The Balaban J connectivity index is 3.45. The van der Waals surface area contributed by atoms with Gasteiger partial charge in [0.05, 0.1) is 6.67 Å². The van der Waals surface area contributed by atoms with Gasteiger partial charge in [-0.25, -0.2) is 8.78 Å².